The van der Waals surface area contributed by atoms with Gasteiger partial charge in [-0.2, -0.15) is 0 Å². The van der Waals surface area contributed by atoms with Crippen molar-refractivity contribution in [2.75, 3.05) is 0 Å². The number of halogens is 1. The van der Waals surface area contributed by atoms with Gasteiger partial charge in [0.25, 0.3) is 0 Å². The van der Waals surface area contributed by atoms with Crippen molar-refractivity contribution in [1.82, 2.24) is 20.6 Å². The van der Waals surface area contributed by atoms with Gasteiger partial charge < -0.3 is 15.4 Å². The van der Waals surface area contributed by atoms with E-state index in [0.29, 0.717) is 24.7 Å². The molecule has 2 aromatic heterocycles. The number of urea groups is 1. The summed E-state index contributed by atoms with van der Waals surface area (Å²) in [6, 6.07) is 12.7. The molecule has 3 aromatic rings. The van der Waals surface area contributed by atoms with Crippen molar-refractivity contribution in [2.45, 2.75) is 13.1 Å². The zero-order valence-corrected chi connectivity index (χ0v) is 13.9. The maximum Gasteiger partial charge on any atom is 0.315 e. The Balaban J connectivity index is 1.46. The Labute approximate surface area is 150 Å². The highest BCUT2D eigenvalue weighted by atomic mass is 19.1. The molecule has 6 nitrogen and oxygen atoms in total. The molecule has 0 aliphatic carbocycles. The minimum Gasteiger partial charge on any atom is -0.439 e. The molecule has 0 saturated carbocycles. The van der Waals surface area contributed by atoms with Crippen molar-refractivity contribution in [3.8, 4) is 11.6 Å². The summed E-state index contributed by atoms with van der Waals surface area (Å²) in [5.41, 5.74) is 1.73. The predicted octanol–water partition coefficient (Wildman–Crippen LogP) is 3.41. The molecule has 0 aliphatic heterocycles. The Morgan fingerprint density at radius 1 is 1.00 bits per heavy atom. The van der Waals surface area contributed by atoms with Crippen LogP contribution in [0.2, 0.25) is 0 Å². The maximum atomic E-state index is 13.1. The monoisotopic (exact) mass is 352 g/mol. The molecule has 0 fully saturated rings. The van der Waals surface area contributed by atoms with Crippen LogP contribution in [0.5, 0.6) is 11.6 Å². The molecule has 132 valence electrons. The van der Waals surface area contributed by atoms with Gasteiger partial charge in [0.15, 0.2) is 0 Å². The van der Waals surface area contributed by atoms with Crippen molar-refractivity contribution in [2.24, 2.45) is 0 Å². The quantitative estimate of drug-likeness (QED) is 0.713. The summed E-state index contributed by atoms with van der Waals surface area (Å²) < 4.78 is 18.6. The number of aromatic nitrogens is 2. The molecule has 0 saturated heterocycles. The first-order chi connectivity index (χ1) is 12.7. The van der Waals surface area contributed by atoms with E-state index < -0.39 is 0 Å². The first-order valence-electron chi connectivity index (χ1n) is 7.98. The van der Waals surface area contributed by atoms with E-state index in [0.717, 1.165) is 11.1 Å². The molecule has 0 spiro atoms. The van der Waals surface area contributed by atoms with Crippen LogP contribution in [0, 0.1) is 5.82 Å². The SMILES string of the molecule is O=C(NCc1cccnc1)NCc1ccc(Oc2cccc(F)c2)nc1. The second-order valence-electron chi connectivity index (χ2n) is 5.46. The second kappa shape index (κ2) is 8.57. The van der Waals surface area contributed by atoms with Crippen molar-refractivity contribution in [3.05, 3.63) is 84.1 Å². The highest BCUT2D eigenvalue weighted by molar-refractivity contribution is 5.73. The molecule has 0 aliphatic rings. The summed E-state index contributed by atoms with van der Waals surface area (Å²) in [7, 11) is 0. The molecule has 2 N–H and O–H groups in total. The van der Waals surface area contributed by atoms with Gasteiger partial charge >= 0.3 is 6.03 Å². The third-order valence-electron chi connectivity index (χ3n) is 3.45. The molecule has 0 unspecified atom stereocenters. The Hall–Kier alpha value is -3.48. The molecule has 0 radical (unpaired) electrons. The van der Waals surface area contributed by atoms with Crippen molar-refractivity contribution < 1.29 is 13.9 Å². The number of ether oxygens (including phenoxy) is 1. The highest BCUT2D eigenvalue weighted by Gasteiger charge is 2.03. The third-order valence-corrected chi connectivity index (χ3v) is 3.45. The first-order valence-corrected chi connectivity index (χ1v) is 7.98. The summed E-state index contributed by atoms with van der Waals surface area (Å²) in [6.07, 6.45) is 4.97. The van der Waals surface area contributed by atoms with E-state index in [9.17, 15) is 9.18 Å². The number of nitrogens with one attached hydrogen (secondary N) is 2. The van der Waals surface area contributed by atoms with Crippen LogP contribution < -0.4 is 15.4 Å². The van der Waals surface area contributed by atoms with E-state index >= 15 is 0 Å². The van der Waals surface area contributed by atoms with Crippen LogP contribution in [0.1, 0.15) is 11.1 Å². The molecule has 0 bridgehead atoms. The average Bonchev–Trinajstić information content (AvgIpc) is 2.67. The lowest BCUT2D eigenvalue weighted by Crippen LogP contribution is -2.34. The largest absolute Gasteiger partial charge is 0.439 e. The van der Waals surface area contributed by atoms with Crippen molar-refractivity contribution >= 4 is 6.03 Å². The third kappa shape index (κ3) is 5.27. The van der Waals surface area contributed by atoms with Crippen molar-refractivity contribution in [1.29, 1.82) is 0 Å². The summed E-state index contributed by atoms with van der Waals surface area (Å²) in [5.74, 6) is 0.346. The molecule has 26 heavy (non-hydrogen) atoms. The second-order valence-corrected chi connectivity index (χ2v) is 5.46. The van der Waals surface area contributed by atoms with Gasteiger partial charge in [-0.15, -0.1) is 0 Å². The smallest absolute Gasteiger partial charge is 0.315 e. The molecule has 2 amide bonds. The Morgan fingerprint density at radius 2 is 1.81 bits per heavy atom. The predicted molar refractivity (Wildman–Crippen MR) is 94.0 cm³/mol. The van der Waals surface area contributed by atoms with Crippen LogP contribution in [0.3, 0.4) is 0 Å². The standard InChI is InChI=1S/C19H17FN4O2/c20-16-4-1-5-17(9-16)26-18-7-6-15(11-22-18)13-24-19(25)23-12-14-3-2-8-21-10-14/h1-11H,12-13H2,(H2,23,24,25). The lowest BCUT2D eigenvalue weighted by Gasteiger charge is -2.08. The fraction of sp³-hybridized carbons (Fsp3) is 0.105. The van der Waals surface area contributed by atoms with Gasteiger partial charge in [-0.05, 0) is 29.3 Å². The summed E-state index contributed by atoms with van der Waals surface area (Å²) in [5, 5.41) is 5.49. The number of carbonyl (C=O) groups is 1. The van der Waals surface area contributed by atoms with Gasteiger partial charge in [-0.3, -0.25) is 4.98 Å². The number of benzene rings is 1. The highest BCUT2D eigenvalue weighted by Crippen LogP contribution is 2.19. The summed E-state index contributed by atoms with van der Waals surface area (Å²) in [6.45, 7) is 0.727. The van der Waals surface area contributed by atoms with Gasteiger partial charge in [0.2, 0.25) is 5.88 Å². The molecule has 0 atom stereocenters. The van der Waals surface area contributed by atoms with Crippen LogP contribution in [0.15, 0.2) is 67.1 Å². The fourth-order valence-corrected chi connectivity index (χ4v) is 2.16. The van der Waals surface area contributed by atoms with Gasteiger partial charge in [0.05, 0.1) is 0 Å². The lowest BCUT2D eigenvalue weighted by atomic mass is 10.3. The van der Waals surface area contributed by atoms with Gasteiger partial charge in [0.1, 0.15) is 11.6 Å². The average molecular weight is 352 g/mol. The Morgan fingerprint density at radius 3 is 2.46 bits per heavy atom. The van der Waals surface area contributed by atoms with Gasteiger partial charge in [-0.25, -0.2) is 14.2 Å². The summed E-state index contributed by atoms with van der Waals surface area (Å²) in [4.78, 5) is 19.9. The summed E-state index contributed by atoms with van der Waals surface area (Å²) >= 11 is 0. The zero-order chi connectivity index (χ0) is 18.2. The zero-order valence-electron chi connectivity index (χ0n) is 13.9. The molecule has 2 heterocycles. The van der Waals surface area contributed by atoms with E-state index in [2.05, 4.69) is 20.6 Å². The Bertz CT molecular complexity index is 857. The minimum absolute atomic E-state index is 0.283. The fourth-order valence-electron chi connectivity index (χ4n) is 2.16. The maximum absolute atomic E-state index is 13.1. The number of rotatable bonds is 6. The normalized spacial score (nSPS) is 10.2. The number of pyridine rings is 2. The van der Waals surface area contributed by atoms with Crippen LogP contribution in [0.4, 0.5) is 9.18 Å². The van der Waals surface area contributed by atoms with Crippen LogP contribution >= 0.6 is 0 Å². The Kier molecular flexibility index (Phi) is 5.72. The van der Waals surface area contributed by atoms with E-state index in [1.54, 1.807) is 42.9 Å². The first kappa shape index (κ1) is 17.3. The van der Waals surface area contributed by atoms with Crippen LogP contribution in [0.25, 0.3) is 0 Å². The topological polar surface area (TPSA) is 76.1 Å². The number of hydrogen-bond donors (Lipinski definition) is 2. The van der Waals surface area contributed by atoms with Crippen LogP contribution in [-0.4, -0.2) is 16.0 Å². The molecular formula is C19H17FN4O2. The number of hydrogen-bond acceptors (Lipinski definition) is 4. The number of nitrogens with zero attached hydrogens (tertiary/aromatic N) is 2. The molecule has 1 aromatic carbocycles. The molecule has 7 heteroatoms. The van der Waals surface area contributed by atoms with E-state index in [1.165, 1.54) is 12.1 Å². The van der Waals surface area contributed by atoms with E-state index in [4.69, 9.17) is 4.74 Å². The van der Waals surface area contributed by atoms with Gasteiger partial charge in [-0.1, -0.05) is 18.2 Å². The molecular weight excluding hydrogens is 335 g/mol. The van der Waals surface area contributed by atoms with E-state index in [-0.39, 0.29) is 11.8 Å². The number of amides is 2. The van der Waals surface area contributed by atoms with Crippen molar-refractivity contribution in [3.63, 3.8) is 0 Å². The lowest BCUT2D eigenvalue weighted by molar-refractivity contribution is 0.240. The number of carbonyl (C=O) groups excluding carboxylic acids is 1. The molecule has 3 rings (SSSR count). The van der Waals surface area contributed by atoms with Gasteiger partial charge in [0, 0.05) is 43.8 Å². The van der Waals surface area contributed by atoms with E-state index in [1.807, 2.05) is 12.1 Å². The minimum atomic E-state index is -0.374. The van der Waals surface area contributed by atoms with Crippen LogP contribution in [-0.2, 0) is 13.1 Å².